The molecule has 0 radical (unpaired) electrons. The van der Waals surface area contributed by atoms with Gasteiger partial charge in [0.05, 0.1) is 19.6 Å². The highest BCUT2D eigenvalue weighted by Gasteiger charge is 2.29. The van der Waals surface area contributed by atoms with E-state index in [-0.39, 0.29) is 11.6 Å². The van der Waals surface area contributed by atoms with Crippen LogP contribution in [0, 0.1) is 5.82 Å². The van der Waals surface area contributed by atoms with Crippen molar-refractivity contribution in [3.05, 3.63) is 71.9 Å². The number of aromatic nitrogens is 2. The first-order chi connectivity index (χ1) is 13.2. The van der Waals surface area contributed by atoms with Gasteiger partial charge < -0.3 is 4.74 Å². The second kappa shape index (κ2) is 7.35. The lowest BCUT2D eigenvalue weighted by Gasteiger charge is -2.04. The molecular formula is C22H22FN2O2+. The average molecular weight is 365 g/mol. The summed E-state index contributed by atoms with van der Waals surface area (Å²) in [6.07, 6.45) is 4.01. The van der Waals surface area contributed by atoms with Crippen molar-refractivity contribution in [2.75, 3.05) is 6.61 Å². The fourth-order valence-corrected chi connectivity index (χ4v) is 3.65. The van der Waals surface area contributed by atoms with Gasteiger partial charge in [0, 0.05) is 11.1 Å². The van der Waals surface area contributed by atoms with Gasteiger partial charge in [-0.15, -0.1) is 0 Å². The standard InChI is InChI=1S/C22H22FN2O2/c1-2-27-19-11-7-17(8-12-19)21(26)15-24-14-20(25-13-3-4-22(24)25)16-5-9-18(23)10-6-16/h5-12,14H,2-4,13,15H2,1H3/q+1. The topological polar surface area (TPSA) is 35.1 Å². The fraction of sp³-hybridized carbons (Fsp3) is 0.273. The number of hydrogen-bond donors (Lipinski definition) is 0. The van der Waals surface area contributed by atoms with E-state index in [0.717, 1.165) is 42.2 Å². The van der Waals surface area contributed by atoms with Crippen molar-refractivity contribution >= 4 is 5.78 Å². The maximum atomic E-state index is 13.3. The van der Waals surface area contributed by atoms with E-state index in [1.807, 2.05) is 42.0 Å². The Labute approximate surface area is 157 Å². The van der Waals surface area contributed by atoms with E-state index in [2.05, 4.69) is 4.57 Å². The zero-order valence-electron chi connectivity index (χ0n) is 15.3. The molecule has 0 saturated heterocycles. The average Bonchev–Trinajstić information content (AvgIpc) is 3.27. The summed E-state index contributed by atoms with van der Waals surface area (Å²) in [6.45, 7) is 3.75. The van der Waals surface area contributed by atoms with Crippen LogP contribution in [0.25, 0.3) is 11.3 Å². The summed E-state index contributed by atoms with van der Waals surface area (Å²) in [6, 6.07) is 13.8. The van der Waals surface area contributed by atoms with Gasteiger partial charge in [0.2, 0.25) is 5.78 Å². The molecule has 0 spiro atoms. The number of ether oxygens (including phenoxy) is 1. The zero-order chi connectivity index (χ0) is 18.8. The largest absolute Gasteiger partial charge is 0.494 e. The predicted octanol–water partition coefficient (Wildman–Crippen LogP) is 3.81. The Morgan fingerprint density at radius 2 is 1.89 bits per heavy atom. The van der Waals surface area contributed by atoms with Crippen LogP contribution in [0.15, 0.2) is 54.7 Å². The first kappa shape index (κ1) is 17.5. The van der Waals surface area contributed by atoms with Gasteiger partial charge in [-0.2, -0.15) is 0 Å². The number of rotatable bonds is 6. The number of hydrogen-bond acceptors (Lipinski definition) is 2. The van der Waals surface area contributed by atoms with Crippen molar-refractivity contribution in [1.82, 2.24) is 4.57 Å². The molecule has 0 fully saturated rings. The molecular weight excluding hydrogens is 343 g/mol. The molecule has 1 aliphatic rings. The number of halogens is 1. The van der Waals surface area contributed by atoms with Crippen LogP contribution in [0.2, 0.25) is 0 Å². The summed E-state index contributed by atoms with van der Waals surface area (Å²) >= 11 is 0. The summed E-state index contributed by atoms with van der Waals surface area (Å²) in [5.41, 5.74) is 2.67. The number of carbonyl (C=O) groups excluding carboxylic acids is 1. The van der Waals surface area contributed by atoms with E-state index in [0.29, 0.717) is 18.7 Å². The third-order valence-electron chi connectivity index (χ3n) is 4.94. The van der Waals surface area contributed by atoms with Crippen LogP contribution in [0.1, 0.15) is 29.5 Å². The van der Waals surface area contributed by atoms with Crippen molar-refractivity contribution in [2.45, 2.75) is 32.9 Å². The molecule has 3 aromatic rings. The summed E-state index contributed by atoms with van der Waals surface area (Å²) in [7, 11) is 0. The van der Waals surface area contributed by atoms with Crippen molar-refractivity contribution in [3.8, 4) is 17.0 Å². The molecule has 1 aliphatic heterocycles. The molecule has 5 heteroatoms. The molecule has 27 heavy (non-hydrogen) atoms. The number of benzene rings is 2. The zero-order valence-corrected chi connectivity index (χ0v) is 15.3. The van der Waals surface area contributed by atoms with Crippen molar-refractivity contribution in [2.24, 2.45) is 0 Å². The van der Waals surface area contributed by atoms with Gasteiger partial charge in [-0.3, -0.25) is 4.79 Å². The Hall–Kier alpha value is -2.95. The Kier molecular flexibility index (Phi) is 4.75. The second-order valence-corrected chi connectivity index (χ2v) is 6.70. The lowest BCUT2D eigenvalue weighted by molar-refractivity contribution is -0.689. The van der Waals surface area contributed by atoms with E-state index >= 15 is 0 Å². The summed E-state index contributed by atoms with van der Waals surface area (Å²) in [5.74, 6) is 1.73. The van der Waals surface area contributed by atoms with Crippen LogP contribution in [-0.2, 0) is 19.5 Å². The molecule has 0 aliphatic carbocycles. The summed E-state index contributed by atoms with van der Waals surface area (Å²) < 4.78 is 23.0. The Morgan fingerprint density at radius 3 is 2.59 bits per heavy atom. The lowest BCUT2D eigenvalue weighted by Crippen LogP contribution is -2.40. The third-order valence-corrected chi connectivity index (χ3v) is 4.94. The Morgan fingerprint density at radius 1 is 1.15 bits per heavy atom. The molecule has 0 amide bonds. The molecule has 0 unspecified atom stereocenters. The highest BCUT2D eigenvalue weighted by Crippen LogP contribution is 2.25. The number of carbonyl (C=O) groups is 1. The number of Topliss-reactive ketones (excluding diaryl/α,β-unsaturated/α-hetero) is 1. The smallest absolute Gasteiger partial charge is 0.257 e. The SMILES string of the molecule is CCOc1ccc(C(=O)C[n+]2cc(-c3ccc(F)cc3)n3c2CCC3)cc1. The molecule has 0 saturated carbocycles. The molecule has 2 aromatic carbocycles. The minimum atomic E-state index is -0.245. The van der Waals surface area contributed by atoms with Crippen LogP contribution in [-0.4, -0.2) is 17.0 Å². The first-order valence-corrected chi connectivity index (χ1v) is 9.29. The van der Waals surface area contributed by atoms with Gasteiger partial charge in [0.15, 0.2) is 12.2 Å². The van der Waals surface area contributed by atoms with Crippen LogP contribution >= 0.6 is 0 Å². The van der Waals surface area contributed by atoms with Gasteiger partial charge in [0.1, 0.15) is 17.8 Å². The third kappa shape index (κ3) is 3.50. The maximum Gasteiger partial charge on any atom is 0.257 e. The van der Waals surface area contributed by atoms with E-state index in [1.165, 1.54) is 12.1 Å². The van der Waals surface area contributed by atoms with Gasteiger partial charge in [-0.05, 0) is 61.9 Å². The van der Waals surface area contributed by atoms with Crippen LogP contribution in [0.4, 0.5) is 4.39 Å². The molecule has 4 nitrogen and oxygen atoms in total. The van der Waals surface area contributed by atoms with Gasteiger partial charge in [-0.1, -0.05) is 0 Å². The summed E-state index contributed by atoms with van der Waals surface area (Å²) in [5, 5.41) is 0. The highest BCUT2D eigenvalue weighted by molar-refractivity contribution is 5.95. The van der Waals surface area contributed by atoms with Crippen molar-refractivity contribution < 1.29 is 18.5 Å². The molecule has 0 bridgehead atoms. The predicted molar refractivity (Wildman–Crippen MR) is 100 cm³/mol. The van der Waals surface area contributed by atoms with E-state index in [4.69, 9.17) is 4.74 Å². The molecule has 1 aromatic heterocycles. The Balaban J connectivity index is 1.60. The van der Waals surface area contributed by atoms with E-state index in [9.17, 15) is 9.18 Å². The molecule has 0 N–H and O–H groups in total. The number of nitrogens with zero attached hydrogens (tertiary/aromatic N) is 2. The minimum Gasteiger partial charge on any atom is -0.494 e. The summed E-state index contributed by atoms with van der Waals surface area (Å²) in [4.78, 5) is 12.8. The quantitative estimate of drug-likeness (QED) is 0.492. The van der Waals surface area contributed by atoms with Gasteiger partial charge in [-0.25, -0.2) is 13.5 Å². The number of fused-ring (bicyclic) bond motifs is 1. The van der Waals surface area contributed by atoms with Gasteiger partial charge in [0.25, 0.3) is 5.82 Å². The van der Waals surface area contributed by atoms with Crippen molar-refractivity contribution in [3.63, 3.8) is 0 Å². The molecule has 2 heterocycles. The molecule has 138 valence electrons. The second-order valence-electron chi connectivity index (χ2n) is 6.70. The number of imidazole rings is 1. The monoisotopic (exact) mass is 365 g/mol. The highest BCUT2D eigenvalue weighted by atomic mass is 19.1. The molecule has 0 atom stereocenters. The fourth-order valence-electron chi connectivity index (χ4n) is 3.65. The number of ketones is 1. The lowest BCUT2D eigenvalue weighted by atomic mass is 10.1. The first-order valence-electron chi connectivity index (χ1n) is 9.29. The normalized spacial score (nSPS) is 12.8. The van der Waals surface area contributed by atoms with Crippen molar-refractivity contribution in [1.29, 1.82) is 0 Å². The van der Waals surface area contributed by atoms with E-state index in [1.54, 1.807) is 12.1 Å². The van der Waals surface area contributed by atoms with Crippen LogP contribution < -0.4 is 9.30 Å². The molecule has 4 rings (SSSR count). The maximum absolute atomic E-state index is 13.3. The van der Waals surface area contributed by atoms with Gasteiger partial charge >= 0.3 is 0 Å². The van der Waals surface area contributed by atoms with Crippen LogP contribution in [0.5, 0.6) is 5.75 Å². The minimum absolute atomic E-state index is 0.0639. The van der Waals surface area contributed by atoms with Crippen LogP contribution in [0.3, 0.4) is 0 Å². The Bertz CT molecular complexity index is 959. The van der Waals surface area contributed by atoms with E-state index < -0.39 is 0 Å².